The normalized spacial score (nSPS) is 13.5. The fourth-order valence-electron chi connectivity index (χ4n) is 3.39. The van der Waals surface area contributed by atoms with Crippen molar-refractivity contribution in [2.24, 2.45) is 16.3 Å². The summed E-state index contributed by atoms with van der Waals surface area (Å²) in [5, 5.41) is 29.4. The fraction of sp³-hybridized carbons (Fsp3) is 0.375. The van der Waals surface area contributed by atoms with Crippen molar-refractivity contribution in [1.29, 1.82) is 0 Å². The summed E-state index contributed by atoms with van der Waals surface area (Å²) in [4.78, 5) is 20.9. The SMILES string of the molecule is C=C(N/N=N\N)NC(=O)C[C@H](O)C[C@@H](O)/C=C/c1c(-c2ccc(F)cc2)nc(N(C)S(C)(=O)=O)nc1C(C)C. The number of benzene rings is 1. The van der Waals surface area contributed by atoms with E-state index in [1.54, 1.807) is 6.08 Å². The van der Waals surface area contributed by atoms with Gasteiger partial charge in [0.1, 0.15) is 11.6 Å². The van der Waals surface area contributed by atoms with Crippen LogP contribution in [-0.2, 0) is 14.8 Å². The number of aliphatic hydroxyl groups excluding tert-OH is 2. The first-order chi connectivity index (χ1) is 18.2. The smallest absolute Gasteiger partial charge is 0.239 e. The average molecular weight is 565 g/mol. The van der Waals surface area contributed by atoms with Crippen molar-refractivity contribution in [3.63, 3.8) is 0 Å². The molecule has 212 valence electrons. The largest absolute Gasteiger partial charge is 0.392 e. The number of nitrogens with one attached hydrogen (secondary N) is 2. The van der Waals surface area contributed by atoms with E-state index in [4.69, 9.17) is 5.84 Å². The maximum Gasteiger partial charge on any atom is 0.239 e. The van der Waals surface area contributed by atoms with E-state index in [1.807, 2.05) is 13.8 Å². The number of nitrogens with zero attached hydrogens (tertiary/aromatic N) is 5. The van der Waals surface area contributed by atoms with Gasteiger partial charge in [-0.3, -0.25) is 4.79 Å². The molecule has 1 amide bonds. The summed E-state index contributed by atoms with van der Waals surface area (Å²) < 4.78 is 38.9. The molecule has 6 N–H and O–H groups in total. The third-order valence-electron chi connectivity index (χ3n) is 5.36. The number of hydrogen-bond acceptors (Lipinski definition) is 9. The number of sulfonamides is 1. The maximum atomic E-state index is 13.6. The molecule has 13 nitrogen and oxygen atoms in total. The first-order valence-electron chi connectivity index (χ1n) is 11.7. The Kier molecular flexibility index (Phi) is 11.0. The van der Waals surface area contributed by atoms with Crippen LogP contribution >= 0.6 is 0 Å². The van der Waals surface area contributed by atoms with Gasteiger partial charge in [-0.25, -0.2) is 32.5 Å². The molecule has 2 rings (SSSR count). The predicted molar refractivity (Wildman–Crippen MR) is 145 cm³/mol. The molecule has 1 heterocycles. The van der Waals surface area contributed by atoms with Gasteiger partial charge in [0.2, 0.25) is 21.9 Å². The second-order valence-corrected chi connectivity index (χ2v) is 11.0. The highest BCUT2D eigenvalue weighted by molar-refractivity contribution is 7.92. The maximum absolute atomic E-state index is 13.6. The minimum atomic E-state index is -3.67. The lowest BCUT2D eigenvalue weighted by Crippen LogP contribution is -2.31. The van der Waals surface area contributed by atoms with E-state index < -0.39 is 34.0 Å². The molecule has 15 heteroatoms. The standard InChI is InChI=1S/C24H33FN8O5S/c1-14(2)22-20(11-10-18(34)12-19(35)13-21(36)27-15(3)30-32-31-26)23(16-6-8-17(25)9-7-16)29-24(28-22)33(4)39(5,37)38/h6-11,14,18-19,34-35H,3,12-13H2,1-2,4-5H3,(H2,26,32)(H,27,36)(H,30,31)/b11-10+/t18-,19+/m0/s1. The number of nitrogens with two attached hydrogens (primary N) is 1. The van der Waals surface area contributed by atoms with E-state index in [0.29, 0.717) is 22.5 Å². The number of aliphatic hydroxyl groups is 2. The van der Waals surface area contributed by atoms with E-state index in [0.717, 1.165) is 10.6 Å². The molecule has 0 saturated carbocycles. The Labute approximate surface area is 226 Å². The molecular formula is C24H33FN8O5S. The Balaban J connectivity index is 2.36. The van der Waals surface area contributed by atoms with Gasteiger partial charge in [0, 0.05) is 24.6 Å². The van der Waals surface area contributed by atoms with Gasteiger partial charge in [0.05, 0.1) is 36.3 Å². The number of carbonyl (C=O) groups is 1. The van der Waals surface area contributed by atoms with E-state index >= 15 is 0 Å². The summed E-state index contributed by atoms with van der Waals surface area (Å²) in [5.41, 5.74) is 4.05. The average Bonchev–Trinajstić information content (AvgIpc) is 2.84. The van der Waals surface area contributed by atoms with Crippen LogP contribution in [0.25, 0.3) is 17.3 Å². The van der Waals surface area contributed by atoms with Gasteiger partial charge in [0.15, 0.2) is 0 Å². The number of carbonyl (C=O) groups excluding carboxylic acids is 1. The van der Waals surface area contributed by atoms with Crippen LogP contribution in [0.15, 0.2) is 53.2 Å². The van der Waals surface area contributed by atoms with Crippen molar-refractivity contribution < 1.29 is 27.8 Å². The van der Waals surface area contributed by atoms with Crippen molar-refractivity contribution in [2.75, 3.05) is 17.6 Å². The molecule has 0 fully saturated rings. The lowest BCUT2D eigenvalue weighted by molar-refractivity contribution is -0.122. The van der Waals surface area contributed by atoms with Crippen molar-refractivity contribution >= 4 is 28.0 Å². The second kappa shape index (κ2) is 13.7. The highest BCUT2D eigenvalue weighted by atomic mass is 32.2. The Bertz CT molecular complexity index is 1330. The summed E-state index contributed by atoms with van der Waals surface area (Å²) in [6.45, 7) is 7.20. The van der Waals surface area contributed by atoms with E-state index in [9.17, 15) is 27.8 Å². The summed E-state index contributed by atoms with van der Waals surface area (Å²) in [6, 6.07) is 5.50. The number of amides is 1. The molecule has 0 spiro atoms. The van der Waals surface area contributed by atoms with Crippen molar-refractivity contribution in [3.8, 4) is 11.3 Å². The van der Waals surface area contributed by atoms with Crippen LogP contribution < -0.4 is 20.9 Å². The highest BCUT2D eigenvalue weighted by Gasteiger charge is 2.22. The quantitative estimate of drug-likeness (QED) is 0.137. The van der Waals surface area contributed by atoms with Gasteiger partial charge in [-0.2, -0.15) is 0 Å². The number of anilines is 1. The van der Waals surface area contributed by atoms with Crippen LogP contribution in [-0.4, -0.2) is 60.0 Å². The predicted octanol–water partition coefficient (Wildman–Crippen LogP) is 1.74. The molecule has 39 heavy (non-hydrogen) atoms. The molecule has 0 radical (unpaired) electrons. The summed E-state index contributed by atoms with van der Waals surface area (Å²) >= 11 is 0. The lowest BCUT2D eigenvalue weighted by Gasteiger charge is -2.20. The van der Waals surface area contributed by atoms with Gasteiger partial charge in [-0.15, -0.1) is 0 Å². The molecule has 0 bridgehead atoms. The van der Waals surface area contributed by atoms with Crippen molar-refractivity contribution in [1.82, 2.24) is 20.7 Å². The van der Waals surface area contributed by atoms with Crippen LogP contribution in [0, 0.1) is 5.82 Å². The monoisotopic (exact) mass is 564 g/mol. The van der Waals surface area contributed by atoms with Crippen molar-refractivity contribution in [3.05, 3.63) is 59.8 Å². The van der Waals surface area contributed by atoms with Crippen LogP contribution in [0.1, 0.15) is 43.9 Å². The zero-order valence-corrected chi connectivity index (χ0v) is 22.9. The summed E-state index contributed by atoms with van der Waals surface area (Å²) in [7, 11) is -2.35. The van der Waals surface area contributed by atoms with Crippen LogP contribution in [0.5, 0.6) is 0 Å². The summed E-state index contributed by atoms with van der Waals surface area (Å²) in [6.07, 6.45) is 1.11. The molecule has 0 aliphatic carbocycles. The van der Waals surface area contributed by atoms with E-state index in [2.05, 4.69) is 37.7 Å². The Hall–Kier alpha value is -3.95. The molecule has 0 unspecified atom stereocenters. The Morgan fingerprint density at radius 2 is 1.90 bits per heavy atom. The second-order valence-electron chi connectivity index (χ2n) is 8.94. The van der Waals surface area contributed by atoms with Crippen LogP contribution in [0.2, 0.25) is 0 Å². The van der Waals surface area contributed by atoms with Crippen LogP contribution in [0.4, 0.5) is 10.3 Å². The molecular weight excluding hydrogens is 531 g/mol. The van der Waals surface area contributed by atoms with Gasteiger partial charge >= 0.3 is 0 Å². The first-order valence-corrected chi connectivity index (χ1v) is 13.6. The number of hydrogen-bond donors (Lipinski definition) is 5. The zero-order valence-electron chi connectivity index (χ0n) is 22.0. The number of halogens is 1. The topological polar surface area (TPSA) is 195 Å². The lowest BCUT2D eigenvalue weighted by atomic mass is 9.97. The fourth-order valence-corrected chi connectivity index (χ4v) is 3.77. The van der Waals surface area contributed by atoms with Crippen LogP contribution in [0.3, 0.4) is 0 Å². The third kappa shape index (κ3) is 9.38. The highest BCUT2D eigenvalue weighted by Crippen LogP contribution is 2.31. The summed E-state index contributed by atoms with van der Waals surface area (Å²) in [5.74, 6) is 3.55. The third-order valence-corrected chi connectivity index (χ3v) is 6.52. The molecule has 2 aromatic rings. The first kappa shape index (κ1) is 31.3. The van der Waals surface area contributed by atoms with Gasteiger partial charge < -0.3 is 21.4 Å². The number of aromatic nitrogens is 2. The minimum Gasteiger partial charge on any atom is -0.392 e. The number of rotatable bonds is 13. The van der Waals surface area contributed by atoms with E-state index in [1.165, 1.54) is 37.4 Å². The Morgan fingerprint density at radius 1 is 1.26 bits per heavy atom. The zero-order chi connectivity index (χ0) is 29.3. The Morgan fingerprint density at radius 3 is 2.46 bits per heavy atom. The van der Waals surface area contributed by atoms with Gasteiger partial charge in [0.25, 0.3) is 0 Å². The van der Waals surface area contributed by atoms with E-state index in [-0.39, 0.29) is 30.5 Å². The van der Waals surface area contributed by atoms with Gasteiger partial charge in [-0.05, 0) is 30.2 Å². The molecule has 2 atom stereocenters. The molecule has 0 aliphatic rings. The molecule has 0 aliphatic heterocycles. The van der Waals surface area contributed by atoms with Crippen molar-refractivity contribution in [2.45, 2.75) is 44.8 Å². The molecule has 0 saturated heterocycles. The molecule has 1 aromatic carbocycles. The minimum absolute atomic E-state index is 0.00125. The van der Waals surface area contributed by atoms with Gasteiger partial charge in [-0.1, -0.05) is 43.0 Å². The molecule has 1 aromatic heterocycles.